The fourth-order valence-corrected chi connectivity index (χ4v) is 1.79. The molecule has 2 rings (SSSR count). The average Bonchev–Trinajstić information content (AvgIpc) is 2.40. The second kappa shape index (κ2) is 5.73. The molecular formula is C14H8ClF4NO. The molecule has 7 heteroatoms. The van der Waals surface area contributed by atoms with Crippen molar-refractivity contribution >= 4 is 23.2 Å². The lowest BCUT2D eigenvalue weighted by atomic mass is 10.1. The fraction of sp³-hybridized carbons (Fsp3) is 0.0714. The lowest BCUT2D eigenvalue weighted by molar-refractivity contribution is -0.137. The van der Waals surface area contributed by atoms with E-state index in [-0.39, 0.29) is 16.3 Å². The molecule has 2 aromatic rings. The summed E-state index contributed by atoms with van der Waals surface area (Å²) in [5.41, 5.74) is -1.16. The van der Waals surface area contributed by atoms with Crippen LogP contribution in [0.25, 0.3) is 0 Å². The Morgan fingerprint density at radius 2 is 1.81 bits per heavy atom. The van der Waals surface area contributed by atoms with Crippen molar-refractivity contribution in [1.82, 2.24) is 0 Å². The van der Waals surface area contributed by atoms with Crippen molar-refractivity contribution in [2.45, 2.75) is 6.18 Å². The van der Waals surface area contributed by atoms with Gasteiger partial charge in [0, 0.05) is 5.56 Å². The summed E-state index contributed by atoms with van der Waals surface area (Å²) in [5.74, 6) is -1.38. The van der Waals surface area contributed by atoms with E-state index in [2.05, 4.69) is 5.32 Å². The van der Waals surface area contributed by atoms with E-state index in [4.69, 9.17) is 11.6 Å². The maximum atomic E-state index is 13.0. The zero-order valence-corrected chi connectivity index (χ0v) is 11.1. The van der Waals surface area contributed by atoms with Crippen LogP contribution < -0.4 is 5.32 Å². The Balaban J connectivity index is 2.29. The molecule has 0 aliphatic rings. The number of alkyl halides is 3. The Labute approximate surface area is 122 Å². The molecule has 2 aromatic carbocycles. The molecule has 0 heterocycles. The second-order valence-electron chi connectivity index (χ2n) is 4.16. The van der Waals surface area contributed by atoms with E-state index in [1.807, 2.05) is 0 Å². The van der Waals surface area contributed by atoms with Gasteiger partial charge in [-0.15, -0.1) is 0 Å². The van der Waals surface area contributed by atoms with Gasteiger partial charge in [0.25, 0.3) is 5.91 Å². The van der Waals surface area contributed by atoms with E-state index < -0.39 is 23.5 Å². The molecule has 0 spiro atoms. The number of hydrogen-bond acceptors (Lipinski definition) is 1. The molecular weight excluding hydrogens is 310 g/mol. The van der Waals surface area contributed by atoms with Crippen molar-refractivity contribution < 1.29 is 22.4 Å². The van der Waals surface area contributed by atoms with Crippen molar-refractivity contribution in [3.05, 3.63) is 64.4 Å². The number of rotatable bonds is 2. The number of anilines is 1. The van der Waals surface area contributed by atoms with Crippen molar-refractivity contribution in [1.29, 1.82) is 0 Å². The van der Waals surface area contributed by atoms with Gasteiger partial charge in [0.15, 0.2) is 0 Å². The monoisotopic (exact) mass is 317 g/mol. The van der Waals surface area contributed by atoms with E-state index in [9.17, 15) is 22.4 Å². The maximum Gasteiger partial charge on any atom is 0.416 e. The van der Waals surface area contributed by atoms with E-state index >= 15 is 0 Å². The largest absolute Gasteiger partial charge is 0.416 e. The molecule has 0 aliphatic carbocycles. The van der Waals surface area contributed by atoms with E-state index in [0.717, 1.165) is 30.3 Å². The molecule has 0 aromatic heterocycles. The molecule has 0 saturated heterocycles. The summed E-state index contributed by atoms with van der Waals surface area (Å²) < 4.78 is 50.8. The number of hydrogen-bond donors (Lipinski definition) is 1. The number of amides is 1. The third-order valence-corrected chi connectivity index (χ3v) is 2.96. The molecule has 0 unspecified atom stereocenters. The standard InChI is InChI=1S/C14H8ClF4NO/c15-11-5-4-9(14(17,18)19)7-12(11)20-13(21)8-2-1-3-10(16)6-8/h1-7H,(H,20,21). The van der Waals surface area contributed by atoms with Crippen molar-refractivity contribution in [3.63, 3.8) is 0 Å². The normalized spacial score (nSPS) is 11.3. The van der Waals surface area contributed by atoms with E-state index in [0.29, 0.717) is 0 Å². The second-order valence-corrected chi connectivity index (χ2v) is 4.56. The molecule has 110 valence electrons. The Bertz CT molecular complexity index is 685. The van der Waals surface area contributed by atoms with Crippen LogP contribution in [0.4, 0.5) is 23.2 Å². The minimum atomic E-state index is -4.55. The van der Waals surface area contributed by atoms with Gasteiger partial charge in [-0.1, -0.05) is 17.7 Å². The predicted octanol–water partition coefficient (Wildman–Crippen LogP) is 4.75. The van der Waals surface area contributed by atoms with Gasteiger partial charge in [0.05, 0.1) is 16.3 Å². The Kier molecular flexibility index (Phi) is 4.18. The van der Waals surface area contributed by atoms with Crippen molar-refractivity contribution in [2.24, 2.45) is 0 Å². The van der Waals surface area contributed by atoms with Crippen LogP contribution in [0, 0.1) is 5.82 Å². The Hall–Kier alpha value is -2.08. The molecule has 2 nitrogen and oxygen atoms in total. The molecule has 1 N–H and O–H groups in total. The SMILES string of the molecule is O=C(Nc1cc(C(F)(F)F)ccc1Cl)c1cccc(F)c1. The summed E-state index contributed by atoms with van der Waals surface area (Å²) >= 11 is 5.75. The van der Waals surface area contributed by atoms with Gasteiger partial charge >= 0.3 is 6.18 Å². The number of nitrogens with one attached hydrogen (secondary N) is 1. The van der Waals surface area contributed by atoms with Crippen LogP contribution in [0.3, 0.4) is 0 Å². The number of carbonyl (C=O) groups excluding carboxylic acids is 1. The fourth-order valence-electron chi connectivity index (χ4n) is 1.62. The lowest BCUT2D eigenvalue weighted by Crippen LogP contribution is -2.13. The van der Waals surface area contributed by atoms with E-state index in [1.165, 1.54) is 12.1 Å². The minimum Gasteiger partial charge on any atom is -0.321 e. The topological polar surface area (TPSA) is 29.1 Å². The molecule has 0 radical (unpaired) electrons. The van der Waals surface area contributed by atoms with Gasteiger partial charge in [-0.2, -0.15) is 13.2 Å². The highest BCUT2D eigenvalue weighted by Crippen LogP contribution is 2.33. The van der Waals surface area contributed by atoms with Gasteiger partial charge in [-0.3, -0.25) is 4.79 Å². The van der Waals surface area contributed by atoms with Crippen LogP contribution >= 0.6 is 11.6 Å². The molecule has 21 heavy (non-hydrogen) atoms. The molecule has 1 amide bonds. The third-order valence-electron chi connectivity index (χ3n) is 2.63. The van der Waals surface area contributed by atoms with Crippen LogP contribution in [0.5, 0.6) is 0 Å². The average molecular weight is 318 g/mol. The summed E-state index contributed by atoms with van der Waals surface area (Å²) in [6, 6.07) is 7.33. The minimum absolute atomic E-state index is 0.0246. The smallest absolute Gasteiger partial charge is 0.321 e. The summed E-state index contributed by atoms with van der Waals surface area (Å²) in [6.45, 7) is 0. The third kappa shape index (κ3) is 3.72. The van der Waals surface area contributed by atoms with Crippen molar-refractivity contribution in [3.8, 4) is 0 Å². The Morgan fingerprint density at radius 3 is 2.43 bits per heavy atom. The Morgan fingerprint density at radius 1 is 1.10 bits per heavy atom. The predicted molar refractivity (Wildman–Crippen MR) is 70.8 cm³/mol. The van der Waals surface area contributed by atoms with Gasteiger partial charge in [0.1, 0.15) is 5.82 Å². The van der Waals surface area contributed by atoms with Gasteiger partial charge < -0.3 is 5.32 Å². The number of benzene rings is 2. The summed E-state index contributed by atoms with van der Waals surface area (Å²) in [4.78, 5) is 11.9. The van der Waals surface area contributed by atoms with E-state index in [1.54, 1.807) is 0 Å². The highest BCUT2D eigenvalue weighted by molar-refractivity contribution is 6.34. The summed E-state index contributed by atoms with van der Waals surface area (Å²) in [5, 5.41) is 2.18. The van der Waals surface area contributed by atoms with Crippen LogP contribution in [0.15, 0.2) is 42.5 Å². The highest BCUT2D eigenvalue weighted by Gasteiger charge is 2.31. The summed E-state index contributed by atoms with van der Waals surface area (Å²) in [6.07, 6.45) is -4.55. The molecule has 0 saturated carbocycles. The van der Waals surface area contributed by atoms with Crippen LogP contribution in [0.1, 0.15) is 15.9 Å². The van der Waals surface area contributed by atoms with Crippen molar-refractivity contribution in [2.75, 3.05) is 5.32 Å². The zero-order valence-electron chi connectivity index (χ0n) is 10.3. The number of halogens is 5. The van der Waals surface area contributed by atoms with Crippen LogP contribution in [0.2, 0.25) is 5.02 Å². The first-order chi connectivity index (χ1) is 9.77. The summed E-state index contributed by atoms with van der Waals surface area (Å²) in [7, 11) is 0. The molecule has 0 aliphatic heterocycles. The first-order valence-electron chi connectivity index (χ1n) is 5.71. The van der Waals surface area contributed by atoms with Crippen LogP contribution in [-0.2, 0) is 6.18 Å². The lowest BCUT2D eigenvalue weighted by Gasteiger charge is -2.11. The first kappa shape index (κ1) is 15.3. The van der Waals surface area contributed by atoms with Gasteiger partial charge in [0.2, 0.25) is 0 Å². The molecule has 0 fully saturated rings. The number of carbonyl (C=O) groups is 1. The van der Waals surface area contributed by atoms with Gasteiger partial charge in [-0.05, 0) is 36.4 Å². The first-order valence-corrected chi connectivity index (χ1v) is 6.09. The van der Waals surface area contributed by atoms with Gasteiger partial charge in [-0.25, -0.2) is 4.39 Å². The molecule has 0 bridgehead atoms. The van der Waals surface area contributed by atoms with Crippen LogP contribution in [-0.4, -0.2) is 5.91 Å². The molecule has 0 atom stereocenters. The highest BCUT2D eigenvalue weighted by atomic mass is 35.5. The zero-order chi connectivity index (χ0) is 15.6. The quantitative estimate of drug-likeness (QED) is 0.796. The maximum absolute atomic E-state index is 13.0.